The van der Waals surface area contributed by atoms with Crippen molar-refractivity contribution in [1.82, 2.24) is 5.32 Å². The Morgan fingerprint density at radius 2 is 2.00 bits per heavy atom. The van der Waals surface area contributed by atoms with Crippen LogP contribution in [0.2, 0.25) is 0 Å². The predicted molar refractivity (Wildman–Crippen MR) is 82.4 cm³/mol. The lowest BCUT2D eigenvalue weighted by atomic mass is 9.88. The summed E-state index contributed by atoms with van der Waals surface area (Å²) in [5.41, 5.74) is 4.57. The summed E-state index contributed by atoms with van der Waals surface area (Å²) in [6.07, 6.45) is 7.48. The lowest BCUT2D eigenvalue weighted by Gasteiger charge is -2.35. The minimum atomic E-state index is -0.991. The number of halogens is 2. The number of anilines is 1. The highest BCUT2D eigenvalue weighted by molar-refractivity contribution is 8.00. The number of nitrogen functional groups attached to an aromatic ring is 1. The molecule has 0 spiro atoms. The van der Waals surface area contributed by atoms with E-state index in [1.807, 2.05) is 6.26 Å². The summed E-state index contributed by atoms with van der Waals surface area (Å²) in [4.78, 5) is 12.1. The zero-order valence-electron chi connectivity index (χ0n) is 12.0. The zero-order valence-corrected chi connectivity index (χ0v) is 12.9. The van der Waals surface area contributed by atoms with Crippen molar-refractivity contribution in [2.24, 2.45) is 0 Å². The Morgan fingerprint density at radius 3 is 2.62 bits per heavy atom. The van der Waals surface area contributed by atoms with Crippen molar-refractivity contribution in [3.63, 3.8) is 0 Å². The molecule has 0 heterocycles. The van der Waals surface area contributed by atoms with Gasteiger partial charge in [-0.3, -0.25) is 4.79 Å². The summed E-state index contributed by atoms with van der Waals surface area (Å²) < 4.78 is 27.5. The van der Waals surface area contributed by atoms with Crippen LogP contribution in [0.5, 0.6) is 0 Å². The fourth-order valence-corrected chi connectivity index (χ4v) is 3.67. The average molecular weight is 314 g/mol. The molecule has 1 aliphatic carbocycles. The maximum absolute atomic E-state index is 13.8. The van der Waals surface area contributed by atoms with Crippen LogP contribution in [-0.4, -0.2) is 23.5 Å². The van der Waals surface area contributed by atoms with Crippen molar-refractivity contribution >= 4 is 23.4 Å². The van der Waals surface area contributed by atoms with Crippen molar-refractivity contribution in [3.8, 4) is 0 Å². The smallest absolute Gasteiger partial charge is 0.257 e. The Hall–Kier alpha value is -1.30. The summed E-state index contributed by atoms with van der Waals surface area (Å²) >= 11 is 1.72. The van der Waals surface area contributed by atoms with Crippen LogP contribution in [0.3, 0.4) is 0 Å². The quantitative estimate of drug-likeness (QED) is 0.838. The number of thioether (sulfide) groups is 1. The lowest BCUT2D eigenvalue weighted by molar-refractivity contribution is 0.0938. The van der Waals surface area contributed by atoms with Crippen LogP contribution in [0.15, 0.2) is 12.1 Å². The summed E-state index contributed by atoms with van der Waals surface area (Å²) in [5.74, 6) is -2.62. The summed E-state index contributed by atoms with van der Waals surface area (Å²) in [5, 5.41) is 2.67. The molecule has 6 heteroatoms. The Kier molecular flexibility index (Phi) is 5.08. The van der Waals surface area contributed by atoms with Gasteiger partial charge < -0.3 is 11.1 Å². The maximum Gasteiger partial charge on any atom is 0.257 e. The first-order valence-electron chi connectivity index (χ1n) is 7.06. The molecule has 3 nitrogen and oxygen atoms in total. The van der Waals surface area contributed by atoms with Crippen LogP contribution in [-0.2, 0) is 0 Å². The molecule has 1 amide bonds. The monoisotopic (exact) mass is 314 g/mol. The van der Waals surface area contributed by atoms with E-state index >= 15 is 0 Å². The van der Waals surface area contributed by atoms with Crippen LogP contribution in [0.1, 0.15) is 42.5 Å². The maximum atomic E-state index is 13.8. The van der Waals surface area contributed by atoms with E-state index in [9.17, 15) is 13.6 Å². The Bertz CT molecular complexity index is 531. The SMILES string of the molecule is CSC1(CNC(=O)c2c(F)ccc(N)c2F)CCCCC1. The second-order valence-electron chi connectivity index (χ2n) is 5.46. The van der Waals surface area contributed by atoms with E-state index < -0.39 is 23.1 Å². The van der Waals surface area contributed by atoms with Gasteiger partial charge in [-0.25, -0.2) is 8.78 Å². The number of carbonyl (C=O) groups is 1. The van der Waals surface area contributed by atoms with E-state index in [1.54, 1.807) is 11.8 Å². The molecule has 0 aromatic heterocycles. The number of nitrogens with one attached hydrogen (secondary N) is 1. The largest absolute Gasteiger partial charge is 0.396 e. The highest BCUT2D eigenvalue weighted by atomic mass is 32.2. The van der Waals surface area contributed by atoms with Gasteiger partial charge >= 0.3 is 0 Å². The molecule has 116 valence electrons. The first-order valence-corrected chi connectivity index (χ1v) is 8.28. The van der Waals surface area contributed by atoms with Gasteiger partial charge in [0, 0.05) is 11.3 Å². The number of rotatable bonds is 4. The molecule has 1 fully saturated rings. The molecule has 0 saturated heterocycles. The van der Waals surface area contributed by atoms with Gasteiger partial charge in [0.05, 0.1) is 5.69 Å². The van der Waals surface area contributed by atoms with Crippen LogP contribution in [0.4, 0.5) is 14.5 Å². The molecule has 0 atom stereocenters. The van der Waals surface area contributed by atoms with Crippen molar-refractivity contribution in [1.29, 1.82) is 0 Å². The molecule has 1 saturated carbocycles. The van der Waals surface area contributed by atoms with Crippen molar-refractivity contribution < 1.29 is 13.6 Å². The minimum Gasteiger partial charge on any atom is -0.396 e. The lowest BCUT2D eigenvalue weighted by Crippen LogP contribution is -2.42. The fourth-order valence-electron chi connectivity index (χ4n) is 2.76. The van der Waals surface area contributed by atoms with E-state index in [0.717, 1.165) is 37.8 Å². The molecule has 21 heavy (non-hydrogen) atoms. The molecule has 2 rings (SSSR count). The minimum absolute atomic E-state index is 0.0266. The molecular formula is C15H20F2N2OS. The molecule has 1 aromatic rings. The van der Waals surface area contributed by atoms with Gasteiger partial charge in [-0.15, -0.1) is 0 Å². The summed E-state index contributed by atoms with van der Waals surface area (Å²) in [6.45, 7) is 0.417. The molecule has 0 unspecified atom stereocenters. The molecule has 0 bridgehead atoms. The van der Waals surface area contributed by atoms with Crippen LogP contribution in [0, 0.1) is 11.6 Å². The van der Waals surface area contributed by atoms with Gasteiger partial charge in [0.1, 0.15) is 11.4 Å². The first kappa shape index (κ1) is 16.1. The van der Waals surface area contributed by atoms with Crippen molar-refractivity contribution in [2.45, 2.75) is 36.9 Å². The van der Waals surface area contributed by atoms with E-state index in [1.165, 1.54) is 6.42 Å². The number of nitrogens with two attached hydrogens (primary N) is 1. The van der Waals surface area contributed by atoms with Gasteiger partial charge in [-0.05, 0) is 31.2 Å². The molecule has 0 aliphatic heterocycles. The van der Waals surface area contributed by atoms with Crippen molar-refractivity contribution in [3.05, 3.63) is 29.3 Å². The van der Waals surface area contributed by atoms with Crippen molar-refractivity contribution in [2.75, 3.05) is 18.5 Å². The summed E-state index contributed by atoms with van der Waals surface area (Å²) in [7, 11) is 0. The summed E-state index contributed by atoms with van der Waals surface area (Å²) in [6, 6.07) is 2.13. The molecule has 1 aromatic carbocycles. The normalized spacial score (nSPS) is 17.5. The third-order valence-corrected chi connectivity index (χ3v) is 5.54. The van der Waals surface area contributed by atoms with E-state index in [-0.39, 0.29) is 10.4 Å². The van der Waals surface area contributed by atoms with E-state index in [4.69, 9.17) is 5.73 Å². The van der Waals surface area contributed by atoms with E-state index in [2.05, 4.69) is 5.32 Å². The number of benzene rings is 1. The standard InChI is InChI=1S/C15H20F2N2OS/c1-21-15(7-3-2-4-8-15)9-19-14(20)12-10(16)5-6-11(18)13(12)17/h5-6H,2-4,7-9,18H2,1H3,(H,19,20). The highest BCUT2D eigenvalue weighted by Gasteiger charge is 2.32. The van der Waals surface area contributed by atoms with Gasteiger partial charge in [-0.1, -0.05) is 19.3 Å². The molecule has 3 N–H and O–H groups in total. The second kappa shape index (κ2) is 6.64. The molecular weight excluding hydrogens is 294 g/mol. The molecule has 1 aliphatic rings. The van der Waals surface area contributed by atoms with Crippen LogP contribution >= 0.6 is 11.8 Å². The Labute approximate surface area is 127 Å². The van der Waals surface area contributed by atoms with Gasteiger partial charge in [0.2, 0.25) is 0 Å². The van der Waals surface area contributed by atoms with Crippen LogP contribution < -0.4 is 11.1 Å². The number of carbonyl (C=O) groups excluding carboxylic acids is 1. The molecule has 0 radical (unpaired) electrons. The second-order valence-corrected chi connectivity index (χ2v) is 6.73. The third kappa shape index (κ3) is 3.48. The van der Waals surface area contributed by atoms with E-state index in [0.29, 0.717) is 6.54 Å². The average Bonchev–Trinajstić information content (AvgIpc) is 2.50. The zero-order chi connectivity index (χ0) is 15.5. The topological polar surface area (TPSA) is 55.1 Å². The predicted octanol–water partition coefficient (Wildman–Crippen LogP) is 3.34. The van der Waals surface area contributed by atoms with Gasteiger partial charge in [0.25, 0.3) is 5.91 Å². The number of amides is 1. The number of hydrogen-bond acceptors (Lipinski definition) is 3. The first-order chi connectivity index (χ1) is 9.99. The Morgan fingerprint density at radius 1 is 1.33 bits per heavy atom. The Balaban J connectivity index is 2.10. The highest BCUT2D eigenvalue weighted by Crippen LogP contribution is 2.38. The van der Waals surface area contributed by atoms with Gasteiger partial charge in [-0.2, -0.15) is 11.8 Å². The number of hydrogen-bond donors (Lipinski definition) is 2. The fraction of sp³-hybridized carbons (Fsp3) is 0.533. The third-order valence-electron chi connectivity index (χ3n) is 4.12. The van der Waals surface area contributed by atoms with Crippen LogP contribution in [0.25, 0.3) is 0 Å². The van der Waals surface area contributed by atoms with Gasteiger partial charge in [0.15, 0.2) is 5.82 Å².